The molecule has 4 heteroatoms. The van der Waals surface area contributed by atoms with E-state index in [0.717, 1.165) is 23.4 Å². The van der Waals surface area contributed by atoms with Gasteiger partial charge in [0.05, 0.1) is 0 Å². The fraction of sp³-hybridized carbons (Fsp3) is 0.357. The molecule has 1 aliphatic heterocycles. The summed E-state index contributed by atoms with van der Waals surface area (Å²) in [7, 11) is 2.14. The Labute approximate surface area is 115 Å². The van der Waals surface area contributed by atoms with Gasteiger partial charge in [-0.3, -0.25) is 0 Å². The normalized spacial score (nSPS) is 19.3. The van der Waals surface area contributed by atoms with Crippen LogP contribution in [0, 0.1) is 0 Å². The van der Waals surface area contributed by atoms with Gasteiger partial charge in [0.1, 0.15) is 5.82 Å². The molecule has 1 aromatic carbocycles. The Balaban J connectivity index is 2.08. The number of hydrogen-bond acceptors (Lipinski definition) is 3. The summed E-state index contributed by atoms with van der Waals surface area (Å²) in [6, 6.07) is 8.88. The van der Waals surface area contributed by atoms with E-state index >= 15 is 0 Å². The summed E-state index contributed by atoms with van der Waals surface area (Å²) < 4.78 is 1.13. The second kappa shape index (κ2) is 4.86. The molecular weight excluding hydrogens is 290 g/mol. The van der Waals surface area contributed by atoms with Gasteiger partial charge in [-0.15, -0.1) is 0 Å². The lowest BCUT2D eigenvalue weighted by Crippen LogP contribution is -2.34. The van der Waals surface area contributed by atoms with Crippen LogP contribution in [0.2, 0.25) is 0 Å². The molecule has 1 aliphatic rings. The van der Waals surface area contributed by atoms with Crippen molar-refractivity contribution in [1.82, 2.24) is 10.3 Å². The van der Waals surface area contributed by atoms with Crippen molar-refractivity contribution in [3.05, 3.63) is 34.9 Å². The summed E-state index contributed by atoms with van der Waals surface area (Å²) in [6.07, 6.45) is 3.07. The molecule has 0 saturated carbocycles. The molecule has 1 aromatic heterocycles. The lowest BCUT2D eigenvalue weighted by Gasteiger charge is -2.26. The Hall–Kier alpha value is -1.13. The van der Waals surface area contributed by atoms with E-state index in [9.17, 15) is 0 Å². The van der Waals surface area contributed by atoms with Gasteiger partial charge in [-0.2, -0.15) is 0 Å². The minimum absolute atomic E-state index is 0.544. The van der Waals surface area contributed by atoms with E-state index in [-0.39, 0.29) is 0 Å². The molecule has 3 nitrogen and oxygen atoms in total. The fourth-order valence-electron chi connectivity index (χ4n) is 2.58. The van der Waals surface area contributed by atoms with Gasteiger partial charge in [0.15, 0.2) is 0 Å². The van der Waals surface area contributed by atoms with Crippen molar-refractivity contribution < 1.29 is 0 Å². The molecule has 1 unspecified atom stereocenters. The van der Waals surface area contributed by atoms with Gasteiger partial charge < -0.3 is 10.2 Å². The Morgan fingerprint density at radius 1 is 1.33 bits per heavy atom. The molecule has 0 radical (unpaired) electrons. The largest absolute Gasteiger partial charge is 0.355 e. The summed E-state index contributed by atoms with van der Waals surface area (Å²) in [6.45, 7) is 2.14. The van der Waals surface area contributed by atoms with Crippen molar-refractivity contribution in [3.8, 4) is 0 Å². The first kappa shape index (κ1) is 11.9. The summed E-state index contributed by atoms with van der Waals surface area (Å²) in [4.78, 5) is 6.87. The maximum absolute atomic E-state index is 4.57. The van der Waals surface area contributed by atoms with Crippen molar-refractivity contribution in [3.63, 3.8) is 0 Å². The third-order valence-corrected chi connectivity index (χ3v) is 4.34. The first-order chi connectivity index (χ1) is 8.77. The highest BCUT2D eigenvalue weighted by atomic mass is 79.9. The van der Waals surface area contributed by atoms with Crippen LogP contribution in [0.1, 0.15) is 6.42 Å². The number of fused-ring (bicyclic) bond motifs is 1. The van der Waals surface area contributed by atoms with Crippen molar-refractivity contribution in [2.75, 3.05) is 25.0 Å². The van der Waals surface area contributed by atoms with E-state index in [0.29, 0.717) is 6.04 Å². The molecule has 2 heterocycles. The predicted octanol–water partition coefficient (Wildman–Crippen LogP) is 2.80. The SMILES string of the molecule is CN(c1nccc2c(Br)cccc12)C1CCNC1. The van der Waals surface area contributed by atoms with Gasteiger partial charge in [0.25, 0.3) is 0 Å². The maximum atomic E-state index is 4.57. The monoisotopic (exact) mass is 305 g/mol. The van der Waals surface area contributed by atoms with Gasteiger partial charge in [0.2, 0.25) is 0 Å². The van der Waals surface area contributed by atoms with Crippen LogP contribution in [-0.2, 0) is 0 Å². The average molecular weight is 306 g/mol. The van der Waals surface area contributed by atoms with Crippen LogP contribution in [0.15, 0.2) is 34.9 Å². The molecule has 1 atom stereocenters. The molecule has 0 aliphatic carbocycles. The molecular formula is C14H16BrN3. The van der Waals surface area contributed by atoms with Gasteiger partial charge in [0, 0.05) is 41.1 Å². The molecule has 1 fully saturated rings. The number of hydrogen-bond donors (Lipinski definition) is 1. The fourth-order valence-corrected chi connectivity index (χ4v) is 3.08. The molecule has 0 bridgehead atoms. The number of nitrogens with zero attached hydrogens (tertiary/aromatic N) is 2. The van der Waals surface area contributed by atoms with Crippen molar-refractivity contribution in [2.24, 2.45) is 0 Å². The van der Waals surface area contributed by atoms with Crippen LogP contribution in [0.25, 0.3) is 10.8 Å². The second-order valence-corrected chi connectivity index (χ2v) is 5.58. The highest BCUT2D eigenvalue weighted by Gasteiger charge is 2.21. The zero-order valence-electron chi connectivity index (χ0n) is 10.4. The van der Waals surface area contributed by atoms with E-state index in [1.54, 1.807) is 0 Å². The molecule has 18 heavy (non-hydrogen) atoms. The lowest BCUT2D eigenvalue weighted by molar-refractivity contribution is 0.680. The lowest BCUT2D eigenvalue weighted by atomic mass is 10.1. The zero-order valence-corrected chi connectivity index (χ0v) is 11.9. The van der Waals surface area contributed by atoms with E-state index in [2.05, 4.69) is 62.4 Å². The highest BCUT2D eigenvalue weighted by Crippen LogP contribution is 2.30. The third-order valence-electron chi connectivity index (χ3n) is 3.65. The van der Waals surface area contributed by atoms with Crippen molar-refractivity contribution in [1.29, 1.82) is 0 Å². The quantitative estimate of drug-likeness (QED) is 0.925. The van der Waals surface area contributed by atoms with Gasteiger partial charge in [-0.05, 0) is 25.1 Å². The summed E-state index contributed by atoms with van der Waals surface area (Å²) >= 11 is 3.61. The number of benzene rings is 1. The van der Waals surface area contributed by atoms with Crippen LogP contribution >= 0.6 is 15.9 Å². The van der Waals surface area contributed by atoms with Crippen LogP contribution in [-0.4, -0.2) is 31.2 Å². The summed E-state index contributed by atoms with van der Waals surface area (Å²) in [5, 5.41) is 5.84. The van der Waals surface area contributed by atoms with Crippen LogP contribution in [0.5, 0.6) is 0 Å². The number of halogens is 1. The predicted molar refractivity (Wildman–Crippen MR) is 79.1 cm³/mol. The van der Waals surface area contributed by atoms with Crippen molar-refractivity contribution >= 4 is 32.5 Å². The molecule has 3 rings (SSSR count). The van der Waals surface area contributed by atoms with Crippen LogP contribution < -0.4 is 10.2 Å². The second-order valence-electron chi connectivity index (χ2n) is 4.73. The minimum atomic E-state index is 0.544. The highest BCUT2D eigenvalue weighted by molar-refractivity contribution is 9.10. The molecule has 94 valence electrons. The average Bonchev–Trinajstić information content (AvgIpc) is 2.92. The topological polar surface area (TPSA) is 28.2 Å². The van der Waals surface area contributed by atoms with E-state index in [1.807, 2.05) is 6.20 Å². The number of pyridine rings is 1. The molecule has 1 saturated heterocycles. The minimum Gasteiger partial charge on any atom is -0.355 e. The van der Waals surface area contributed by atoms with Crippen molar-refractivity contribution in [2.45, 2.75) is 12.5 Å². The van der Waals surface area contributed by atoms with E-state index in [1.165, 1.54) is 17.2 Å². The number of anilines is 1. The van der Waals surface area contributed by atoms with Gasteiger partial charge in [-0.25, -0.2) is 4.98 Å². The Morgan fingerprint density at radius 2 is 2.22 bits per heavy atom. The number of rotatable bonds is 2. The molecule has 1 N–H and O–H groups in total. The first-order valence-electron chi connectivity index (χ1n) is 6.24. The number of aromatic nitrogens is 1. The summed E-state index contributed by atoms with van der Waals surface area (Å²) in [5.74, 6) is 1.07. The van der Waals surface area contributed by atoms with Gasteiger partial charge >= 0.3 is 0 Å². The standard InChI is InChI=1S/C14H16BrN3/c1-18(10-5-7-16-9-10)14-12-3-2-4-13(15)11(12)6-8-17-14/h2-4,6,8,10,16H,5,7,9H2,1H3. The van der Waals surface area contributed by atoms with Crippen LogP contribution in [0.3, 0.4) is 0 Å². The summed E-state index contributed by atoms with van der Waals surface area (Å²) in [5.41, 5.74) is 0. The molecule has 0 spiro atoms. The first-order valence-corrected chi connectivity index (χ1v) is 7.03. The third kappa shape index (κ3) is 1.99. The van der Waals surface area contributed by atoms with E-state index < -0.39 is 0 Å². The Bertz CT molecular complexity index is 564. The van der Waals surface area contributed by atoms with Crippen LogP contribution in [0.4, 0.5) is 5.82 Å². The maximum Gasteiger partial charge on any atom is 0.136 e. The Kier molecular flexibility index (Phi) is 3.22. The van der Waals surface area contributed by atoms with E-state index in [4.69, 9.17) is 0 Å². The Morgan fingerprint density at radius 3 is 3.00 bits per heavy atom. The zero-order chi connectivity index (χ0) is 12.5. The smallest absolute Gasteiger partial charge is 0.136 e. The molecule has 0 amide bonds. The number of nitrogens with one attached hydrogen (secondary N) is 1. The van der Waals surface area contributed by atoms with Gasteiger partial charge in [-0.1, -0.05) is 28.1 Å². The molecule has 2 aromatic rings. The number of likely N-dealkylation sites (N-methyl/N-ethyl adjacent to an activating group) is 1.